The number of aliphatic hydroxyl groups is 1. The van der Waals surface area contributed by atoms with Crippen molar-refractivity contribution in [3.8, 4) is 0 Å². The number of hydrogen-bond donors (Lipinski definition) is 1. The van der Waals surface area contributed by atoms with Crippen LogP contribution in [-0.2, 0) is 0 Å². The monoisotopic (exact) mass is 318 g/mol. The number of aryl methyl sites for hydroxylation is 4. The largest absolute Gasteiger partial charge is 0.384 e. The van der Waals surface area contributed by atoms with Gasteiger partial charge in [-0.3, -0.25) is 0 Å². The summed E-state index contributed by atoms with van der Waals surface area (Å²) in [5.74, 6) is 0. The minimum Gasteiger partial charge on any atom is -0.384 e. The lowest BCUT2D eigenvalue weighted by atomic mass is 9.91. The van der Waals surface area contributed by atoms with Crippen molar-refractivity contribution < 1.29 is 5.11 Å². The maximum absolute atomic E-state index is 10.7. The Bertz CT molecular complexity index is 594. The third kappa shape index (κ3) is 2.75. The van der Waals surface area contributed by atoms with Crippen LogP contribution in [0.3, 0.4) is 0 Å². The highest BCUT2D eigenvalue weighted by molar-refractivity contribution is 9.10. The van der Waals surface area contributed by atoms with E-state index in [2.05, 4.69) is 48.8 Å². The van der Waals surface area contributed by atoms with E-state index in [-0.39, 0.29) is 0 Å². The predicted molar refractivity (Wildman–Crippen MR) is 83.6 cm³/mol. The summed E-state index contributed by atoms with van der Waals surface area (Å²) in [5, 5.41) is 10.7. The molecule has 1 nitrogen and oxygen atoms in total. The first-order valence-corrected chi connectivity index (χ1v) is 7.22. The number of aliphatic hydroxyl groups excluding tert-OH is 1. The van der Waals surface area contributed by atoms with Crippen LogP contribution in [0.15, 0.2) is 34.8 Å². The van der Waals surface area contributed by atoms with Crippen LogP contribution >= 0.6 is 15.9 Å². The van der Waals surface area contributed by atoms with Crippen LogP contribution in [0.4, 0.5) is 0 Å². The van der Waals surface area contributed by atoms with Gasteiger partial charge in [0.1, 0.15) is 6.10 Å². The summed E-state index contributed by atoms with van der Waals surface area (Å²) in [6.07, 6.45) is -0.588. The van der Waals surface area contributed by atoms with Crippen molar-refractivity contribution in [2.45, 2.75) is 33.8 Å². The van der Waals surface area contributed by atoms with E-state index in [0.717, 1.165) is 32.3 Å². The van der Waals surface area contributed by atoms with Gasteiger partial charge in [0.2, 0.25) is 0 Å². The molecule has 2 heteroatoms. The van der Waals surface area contributed by atoms with Crippen molar-refractivity contribution >= 4 is 15.9 Å². The smallest absolute Gasteiger partial charge is 0.106 e. The second-order valence-corrected chi connectivity index (χ2v) is 5.99. The molecule has 0 aliphatic rings. The summed E-state index contributed by atoms with van der Waals surface area (Å²) < 4.78 is 0.988. The van der Waals surface area contributed by atoms with Crippen LogP contribution < -0.4 is 0 Å². The molecule has 1 atom stereocenters. The molecule has 0 aliphatic heterocycles. The highest BCUT2D eigenvalue weighted by Crippen LogP contribution is 2.34. The fraction of sp³-hybridized carbons (Fsp3) is 0.294. The minimum atomic E-state index is -0.588. The van der Waals surface area contributed by atoms with Gasteiger partial charge in [-0.25, -0.2) is 0 Å². The lowest BCUT2D eigenvalue weighted by molar-refractivity contribution is 0.218. The Hall–Kier alpha value is -1.12. The Morgan fingerprint density at radius 2 is 1.53 bits per heavy atom. The van der Waals surface area contributed by atoms with Gasteiger partial charge >= 0.3 is 0 Å². The lowest BCUT2D eigenvalue weighted by Crippen LogP contribution is -2.06. The van der Waals surface area contributed by atoms with Gasteiger partial charge in [-0.05, 0) is 55.5 Å². The highest BCUT2D eigenvalue weighted by Gasteiger charge is 2.18. The van der Waals surface area contributed by atoms with Crippen molar-refractivity contribution in [1.82, 2.24) is 0 Å². The molecule has 1 unspecified atom stereocenters. The van der Waals surface area contributed by atoms with E-state index in [0.29, 0.717) is 0 Å². The number of benzene rings is 2. The van der Waals surface area contributed by atoms with Crippen molar-refractivity contribution in [1.29, 1.82) is 0 Å². The molecule has 0 spiro atoms. The van der Waals surface area contributed by atoms with Gasteiger partial charge in [0.25, 0.3) is 0 Å². The fourth-order valence-corrected chi connectivity index (χ4v) is 3.14. The third-order valence-corrected chi connectivity index (χ3v) is 4.61. The molecule has 0 saturated heterocycles. The SMILES string of the molecule is Cc1cc(C)c(C(O)c2cccc(C)c2Br)c(C)c1. The average Bonchev–Trinajstić information content (AvgIpc) is 2.31. The Morgan fingerprint density at radius 1 is 0.947 bits per heavy atom. The Balaban J connectivity index is 2.56. The maximum atomic E-state index is 10.7. The molecular weight excluding hydrogens is 300 g/mol. The summed E-state index contributed by atoms with van der Waals surface area (Å²) >= 11 is 3.58. The van der Waals surface area contributed by atoms with E-state index in [1.807, 2.05) is 25.1 Å². The van der Waals surface area contributed by atoms with Crippen molar-refractivity contribution in [2.24, 2.45) is 0 Å². The lowest BCUT2D eigenvalue weighted by Gasteiger charge is -2.19. The molecule has 1 N–H and O–H groups in total. The molecule has 0 aromatic heterocycles. The van der Waals surface area contributed by atoms with E-state index >= 15 is 0 Å². The van der Waals surface area contributed by atoms with Gasteiger partial charge in [-0.2, -0.15) is 0 Å². The van der Waals surface area contributed by atoms with Crippen molar-refractivity contribution in [2.75, 3.05) is 0 Å². The molecule has 0 fully saturated rings. The summed E-state index contributed by atoms with van der Waals surface area (Å²) in [6, 6.07) is 10.2. The normalized spacial score (nSPS) is 12.5. The van der Waals surface area contributed by atoms with Crippen LogP contribution in [0, 0.1) is 27.7 Å². The van der Waals surface area contributed by atoms with Crippen molar-refractivity contribution in [3.63, 3.8) is 0 Å². The first kappa shape index (κ1) is 14.3. The average molecular weight is 319 g/mol. The molecule has 19 heavy (non-hydrogen) atoms. The van der Waals surface area contributed by atoms with Crippen LogP contribution in [-0.4, -0.2) is 5.11 Å². The predicted octanol–water partition coefficient (Wildman–Crippen LogP) is 4.76. The summed E-state index contributed by atoms with van der Waals surface area (Å²) in [7, 11) is 0. The van der Waals surface area contributed by atoms with Gasteiger partial charge in [0.05, 0.1) is 0 Å². The molecule has 0 radical (unpaired) electrons. The van der Waals surface area contributed by atoms with Crippen LogP contribution in [0.25, 0.3) is 0 Å². The molecule has 0 aliphatic carbocycles. The zero-order chi connectivity index (χ0) is 14.2. The molecule has 0 saturated carbocycles. The van der Waals surface area contributed by atoms with Gasteiger partial charge in [0, 0.05) is 4.47 Å². The summed E-state index contributed by atoms with van der Waals surface area (Å²) in [6.45, 7) is 8.23. The van der Waals surface area contributed by atoms with Crippen LogP contribution in [0.5, 0.6) is 0 Å². The highest BCUT2D eigenvalue weighted by atomic mass is 79.9. The second-order valence-electron chi connectivity index (χ2n) is 5.19. The fourth-order valence-electron chi connectivity index (χ4n) is 2.66. The number of halogens is 1. The number of rotatable bonds is 2. The minimum absolute atomic E-state index is 0.588. The summed E-state index contributed by atoms with van der Waals surface area (Å²) in [5.41, 5.74) is 6.58. The van der Waals surface area contributed by atoms with E-state index in [4.69, 9.17) is 0 Å². The van der Waals surface area contributed by atoms with Crippen molar-refractivity contribution in [3.05, 3.63) is 68.2 Å². The number of hydrogen-bond acceptors (Lipinski definition) is 1. The van der Waals surface area contributed by atoms with Gasteiger partial charge in [-0.1, -0.05) is 51.8 Å². The van der Waals surface area contributed by atoms with Crippen LogP contribution in [0.2, 0.25) is 0 Å². The molecule has 0 bridgehead atoms. The Kier molecular flexibility index (Phi) is 4.12. The van der Waals surface area contributed by atoms with E-state index in [1.54, 1.807) is 0 Å². The zero-order valence-electron chi connectivity index (χ0n) is 11.8. The van der Waals surface area contributed by atoms with Gasteiger partial charge in [0.15, 0.2) is 0 Å². The molecular formula is C17H19BrO. The van der Waals surface area contributed by atoms with Gasteiger partial charge in [-0.15, -0.1) is 0 Å². The molecule has 0 amide bonds. The molecule has 2 aromatic carbocycles. The van der Waals surface area contributed by atoms with Gasteiger partial charge < -0.3 is 5.11 Å². The first-order chi connectivity index (χ1) is 8.91. The standard InChI is InChI=1S/C17H19BrO/c1-10-8-12(3)15(13(4)9-10)17(19)14-7-5-6-11(2)16(14)18/h5-9,17,19H,1-4H3. The Labute approximate surface area is 123 Å². The molecule has 100 valence electrons. The van der Waals surface area contributed by atoms with E-state index in [9.17, 15) is 5.11 Å². The maximum Gasteiger partial charge on any atom is 0.106 e. The second kappa shape index (κ2) is 5.48. The zero-order valence-corrected chi connectivity index (χ0v) is 13.4. The third-order valence-electron chi connectivity index (χ3n) is 3.53. The van der Waals surface area contributed by atoms with Crippen LogP contribution in [0.1, 0.15) is 39.5 Å². The molecule has 2 aromatic rings. The first-order valence-electron chi connectivity index (χ1n) is 6.42. The Morgan fingerprint density at radius 3 is 2.11 bits per heavy atom. The summed E-state index contributed by atoms with van der Waals surface area (Å²) in [4.78, 5) is 0. The molecule has 2 rings (SSSR count). The topological polar surface area (TPSA) is 20.2 Å². The van der Waals surface area contributed by atoms with E-state index < -0.39 is 6.10 Å². The molecule has 0 heterocycles. The van der Waals surface area contributed by atoms with E-state index in [1.165, 1.54) is 5.56 Å². The quantitative estimate of drug-likeness (QED) is 0.846.